The molecule has 0 unspecified atom stereocenters. The van der Waals surface area contributed by atoms with Crippen molar-refractivity contribution in [2.45, 2.75) is 20.8 Å². The van der Waals surface area contributed by atoms with Gasteiger partial charge in [0, 0.05) is 5.22 Å². The number of rotatable bonds is 0. The normalized spacial score (nSPS) is 13.1. The topological polar surface area (TPSA) is 13.1 Å². The predicted molar refractivity (Wildman–Crippen MR) is 47.6 cm³/mol. The summed E-state index contributed by atoms with van der Waals surface area (Å²) in [6.45, 7) is 5.90. The van der Waals surface area contributed by atoms with Crippen LogP contribution in [0.3, 0.4) is 0 Å². The molecule has 1 nitrogen and oxygen atoms in total. The molecule has 0 radical (unpaired) electrons. The SMILES string of the molecule is CC(C)=c1cco/c1=C(/C)Cl. The highest BCUT2D eigenvalue weighted by molar-refractivity contribution is 6.44. The summed E-state index contributed by atoms with van der Waals surface area (Å²) in [7, 11) is 0. The average Bonchev–Trinajstić information content (AvgIpc) is 2.32. The molecule has 0 fully saturated rings. The van der Waals surface area contributed by atoms with Crippen LogP contribution in [0.1, 0.15) is 20.8 Å². The van der Waals surface area contributed by atoms with Gasteiger partial charge in [0.25, 0.3) is 0 Å². The first kappa shape index (κ1) is 8.41. The Morgan fingerprint density at radius 2 is 2.00 bits per heavy atom. The van der Waals surface area contributed by atoms with Crippen molar-refractivity contribution in [2.75, 3.05) is 0 Å². The highest BCUT2D eigenvalue weighted by Crippen LogP contribution is 1.94. The van der Waals surface area contributed by atoms with Gasteiger partial charge in [-0.3, -0.25) is 0 Å². The van der Waals surface area contributed by atoms with Gasteiger partial charge in [0.05, 0.1) is 11.3 Å². The smallest absolute Gasteiger partial charge is 0.147 e. The summed E-state index contributed by atoms with van der Waals surface area (Å²) >= 11 is 5.80. The Labute approximate surface area is 71.0 Å². The highest BCUT2D eigenvalue weighted by atomic mass is 35.5. The fourth-order valence-electron chi connectivity index (χ4n) is 0.970. The maximum absolute atomic E-state index is 5.80. The second kappa shape index (κ2) is 3.14. The van der Waals surface area contributed by atoms with E-state index in [0.29, 0.717) is 5.03 Å². The molecule has 0 saturated carbocycles. The molecule has 0 spiro atoms. The summed E-state index contributed by atoms with van der Waals surface area (Å²) in [5.74, 6) is 0. The molecular weight excluding hydrogens is 160 g/mol. The van der Waals surface area contributed by atoms with Gasteiger partial charge in [-0.25, -0.2) is 0 Å². The van der Waals surface area contributed by atoms with Crippen LogP contribution in [-0.2, 0) is 0 Å². The molecule has 0 aliphatic rings. The van der Waals surface area contributed by atoms with E-state index in [2.05, 4.69) is 0 Å². The van der Waals surface area contributed by atoms with E-state index >= 15 is 0 Å². The predicted octanol–water partition coefficient (Wildman–Crippen LogP) is 1.84. The lowest BCUT2D eigenvalue weighted by Crippen LogP contribution is -2.21. The maximum atomic E-state index is 5.80. The third-order valence-electron chi connectivity index (χ3n) is 1.52. The largest absolute Gasteiger partial charge is 0.463 e. The quantitative estimate of drug-likeness (QED) is 0.579. The van der Waals surface area contributed by atoms with E-state index in [1.165, 1.54) is 5.57 Å². The molecule has 1 heterocycles. The standard InChI is InChI=1S/C9H11ClO/c1-6(2)8-4-5-11-9(8)7(3)10/h4-5H,1-3H3/b9-7-. The molecule has 2 heteroatoms. The summed E-state index contributed by atoms with van der Waals surface area (Å²) in [5.41, 5.74) is 2.00. The first-order valence-electron chi connectivity index (χ1n) is 3.50. The second-order valence-electron chi connectivity index (χ2n) is 2.70. The molecule has 0 aromatic carbocycles. The Kier molecular flexibility index (Phi) is 2.40. The lowest BCUT2D eigenvalue weighted by Gasteiger charge is -1.85. The second-order valence-corrected chi connectivity index (χ2v) is 3.26. The summed E-state index contributed by atoms with van der Waals surface area (Å²) in [5, 5.41) is 1.80. The van der Waals surface area contributed by atoms with Crippen LogP contribution in [0.15, 0.2) is 16.7 Å². The number of halogens is 1. The van der Waals surface area contributed by atoms with E-state index in [4.69, 9.17) is 16.0 Å². The van der Waals surface area contributed by atoms with Crippen LogP contribution in [0.4, 0.5) is 0 Å². The molecule has 0 aliphatic heterocycles. The fraction of sp³-hybridized carbons (Fsp3) is 0.333. The third-order valence-corrected chi connectivity index (χ3v) is 1.69. The van der Waals surface area contributed by atoms with Crippen LogP contribution >= 0.6 is 11.6 Å². The van der Waals surface area contributed by atoms with E-state index in [9.17, 15) is 0 Å². The Morgan fingerprint density at radius 3 is 2.36 bits per heavy atom. The lowest BCUT2D eigenvalue weighted by molar-refractivity contribution is 0.529. The van der Waals surface area contributed by atoms with Crippen molar-refractivity contribution in [1.29, 1.82) is 0 Å². The van der Waals surface area contributed by atoms with E-state index in [-0.39, 0.29) is 0 Å². The number of hydrogen-bond donors (Lipinski definition) is 0. The molecule has 0 N–H and O–H groups in total. The minimum absolute atomic E-state index is 0.700. The monoisotopic (exact) mass is 170 g/mol. The zero-order valence-electron chi connectivity index (χ0n) is 6.94. The summed E-state index contributed by atoms with van der Waals surface area (Å²) in [6.07, 6.45) is 1.66. The molecule has 60 valence electrons. The number of furan rings is 1. The van der Waals surface area contributed by atoms with Crippen molar-refractivity contribution >= 4 is 22.2 Å². The minimum atomic E-state index is 0.700. The van der Waals surface area contributed by atoms with Crippen LogP contribution in [0.5, 0.6) is 0 Å². The Hall–Kier alpha value is -0.690. The maximum Gasteiger partial charge on any atom is 0.147 e. The third kappa shape index (κ3) is 1.66. The summed E-state index contributed by atoms with van der Waals surface area (Å²) < 4.78 is 5.20. The first-order valence-corrected chi connectivity index (χ1v) is 3.88. The van der Waals surface area contributed by atoms with Gasteiger partial charge in [-0.05, 0) is 26.8 Å². The van der Waals surface area contributed by atoms with Gasteiger partial charge in [-0.1, -0.05) is 17.2 Å². The van der Waals surface area contributed by atoms with E-state index in [1.54, 1.807) is 6.26 Å². The first-order chi connectivity index (χ1) is 5.13. The van der Waals surface area contributed by atoms with E-state index in [1.807, 2.05) is 26.8 Å². The van der Waals surface area contributed by atoms with Gasteiger partial charge < -0.3 is 4.42 Å². The van der Waals surface area contributed by atoms with E-state index in [0.717, 1.165) is 10.6 Å². The lowest BCUT2D eigenvalue weighted by atomic mass is 10.2. The van der Waals surface area contributed by atoms with Crippen LogP contribution in [0.25, 0.3) is 10.6 Å². The zero-order valence-corrected chi connectivity index (χ0v) is 7.70. The van der Waals surface area contributed by atoms with Crippen molar-refractivity contribution in [3.63, 3.8) is 0 Å². The van der Waals surface area contributed by atoms with Gasteiger partial charge in [0.1, 0.15) is 5.42 Å². The van der Waals surface area contributed by atoms with Gasteiger partial charge >= 0.3 is 0 Å². The molecule has 0 saturated heterocycles. The van der Waals surface area contributed by atoms with Crippen molar-refractivity contribution in [1.82, 2.24) is 0 Å². The molecule has 0 bridgehead atoms. The van der Waals surface area contributed by atoms with Crippen LogP contribution < -0.4 is 10.6 Å². The minimum Gasteiger partial charge on any atom is -0.463 e. The molecule has 0 amide bonds. The van der Waals surface area contributed by atoms with Crippen LogP contribution in [0, 0.1) is 0 Å². The Morgan fingerprint density at radius 1 is 1.36 bits per heavy atom. The molecular formula is C9H11ClO. The van der Waals surface area contributed by atoms with Crippen molar-refractivity contribution in [3.8, 4) is 0 Å². The Bertz CT molecular complexity index is 317. The van der Waals surface area contributed by atoms with Gasteiger partial charge in [-0.2, -0.15) is 0 Å². The van der Waals surface area contributed by atoms with Crippen LogP contribution in [0.2, 0.25) is 0 Å². The molecule has 0 atom stereocenters. The molecule has 1 aromatic heterocycles. The summed E-state index contributed by atoms with van der Waals surface area (Å²) in [4.78, 5) is 0. The average molecular weight is 171 g/mol. The highest BCUT2D eigenvalue weighted by Gasteiger charge is 1.93. The van der Waals surface area contributed by atoms with E-state index < -0.39 is 0 Å². The Balaban J connectivity index is 3.68. The molecule has 1 rings (SSSR count). The summed E-state index contributed by atoms with van der Waals surface area (Å²) in [6, 6.07) is 1.93. The zero-order chi connectivity index (χ0) is 8.43. The van der Waals surface area contributed by atoms with Gasteiger partial charge in [-0.15, -0.1) is 0 Å². The molecule has 0 aliphatic carbocycles. The van der Waals surface area contributed by atoms with Crippen molar-refractivity contribution < 1.29 is 4.42 Å². The van der Waals surface area contributed by atoms with Crippen molar-refractivity contribution in [3.05, 3.63) is 23.0 Å². The van der Waals surface area contributed by atoms with Gasteiger partial charge in [0.15, 0.2) is 0 Å². The van der Waals surface area contributed by atoms with Gasteiger partial charge in [0.2, 0.25) is 0 Å². The van der Waals surface area contributed by atoms with Crippen molar-refractivity contribution in [2.24, 2.45) is 0 Å². The fourth-order valence-corrected chi connectivity index (χ4v) is 1.12. The molecule has 11 heavy (non-hydrogen) atoms. The molecule has 1 aromatic rings. The number of hydrogen-bond acceptors (Lipinski definition) is 1. The van der Waals surface area contributed by atoms with Crippen LogP contribution in [-0.4, -0.2) is 0 Å².